The third kappa shape index (κ3) is 2.76. The minimum absolute atomic E-state index is 0.0641. The molecular formula is C9H7F3NO. The van der Waals surface area contributed by atoms with Gasteiger partial charge in [-0.1, -0.05) is 17.3 Å². The smallest absolute Gasteiger partial charge is 0.391 e. The summed E-state index contributed by atoms with van der Waals surface area (Å²) in [5.74, 6) is 0. The summed E-state index contributed by atoms with van der Waals surface area (Å²) in [5, 5.41) is 2.88. The van der Waals surface area contributed by atoms with Crippen LogP contribution in [0, 0.1) is 0 Å². The van der Waals surface area contributed by atoms with Gasteiger partial charge in [-0.05, 0) is 17.7 Å². The number of hydrogen-bond acceptors (Lipinski definition) is 2. The average molecular weight is 202 g/mol. The highest BCUT2D eigenvalue weighted by molar-refractivity contribution is 5.24. The van der Waals surface area contributed by atoms with Gasteiger partial charge < -0.3 is 4.84 Å². The van der Waals surface area contributed by atoms with E-state index < -0.39 is 11.7 Å². The Labute approximate surface area is 79.0 Å². The molecule has 0 spiro atoms. The molecule has 75 valence electrons. The van der Waals surface area contributed by atoms with Gasteiger partial charge in [0.2, 0.25) is 0 Å². The van der Waals surface area contributed by atoms with E-state index in [9.17, 15) is 13.2 Å². The van der Waals surface area contributed by atoms with Crippen LogP contribution in [0.5, 0.6) is 0 Å². The first-order chi connectivity index (χ1) is 6.54. The van der Waals surface area contributed by atoms with Crippen LogP contribution in [0.2, 0.25) is 0 Å². The Bertz CT molecular complexity index is 305. The molecule has 2 nitrogen and oxygen atoms in total. The number of halogens is 3. The van der Waals surface area contributed by atoms with E-state index in [2.05, 4.69) is 9.99 Å². The van der Waals surface area contributed by atoms with Crippen molar-refractivity contribution in [2.75, 3.05) is 0 Å². The lowest BCUT2D eigenvalue weighted by Crippen LogP contribution is -2.04. The van der Waals surface area contributed by atoms with Crippen LogP contribution in [-0.4, -0.2) is 6.72 Å². The zero-order valence-corrected chi connectivity index (χ0v) is 7.08. The first-order valence-electron chi connectivity index (χ1n) is 3.72. The van der Waals surface area contributed by atoms with Gasteiger partial charge in [-0.25, -0.2) is 0 Å². The Morgan fingerprint density at radius 2 is 1.79 bits per heavy atom. The second kappa shape index (κ2) is 4.13. The SMILES string of the molecule is [CH]=NOCc1ccc(C(F)(F)F)cc1. The lowest BCUT2D eigenvalue weighted by Gasteiger charge is -2.06. The molecule has 0 aliphatic rings. The van der Waals surface area contributed by atoms with Crippen molar-refractivity contribution >= 4 is 6.72 Å². The molecular weight excluding hydrogens is 195 g/mol. The van der Waals surface area contributed by atoms with Crippen molar-refractivity contribution in [3.8, 4) is 0 Å². The zero-order valence-electron chi connectivity index (χ0n) is 7.08. The molecule has 0 aliphatic carbocycles. The minimum Gasteiger partial charge on any atom is -0.391 e. The van der Waals surface area contributed by atoms with E-state index in [4.69, 9.17) is 6.72 Å². The van der Waals surface area contributed by atoms with E-state index in [-0.39, 0.29) is 6.61 Å². The van der Waals surface area contributed by atoms with Crippen molar-refractivity contribution in [1.29, 1.82) is 0 Å². The molecule has 0 fully saturated rings. The highest BCUT2D eigenvalue weighted by Crippen LogP contribution is 2.29. The number of benzene rings is 1. The van der Waals surface area contributed by atoms with Crippen LogP contribution in [0.4, 0.5) is 13.2 Å². The molecule has 0 saturated carbocycles. The summed E-state index contributed by atoms with van der Waals surface area (Å²) in [6, 6.07) is 4.59. The first kappa shape index (κ1) is 10.6. The lowest BCUT2D eigenvalue weighted by molar-refractivity contribution is -0.137. The van der Waals surface area contributed by atoms with Crippen LogP contribution in [0.3, 0.4) is 0 Å². The molecule has 0 saturated heterocycles. The van der Waals surface area contributed by atoms with Gasteiger partial charge in [0.05, 0.1) is 12.3 Å². The van der Waals surface area contributed by atoms with Gasteiger partial charge in [0.25, 0.3) is 0 Å². The fourth-order valence-electron chi connectivity index (χ4n) is 0.902. The Kier molecular flexibility index (Phi) is 3.11. The van der Waals surface area contributed by atoms with Crippen molar-refractivity contribution in [3.63, 3.8) is 0 Å². The van der Waals surface area contributed by atoms with E-state index in [0.717, 1.165) is 12.1 Å². The van der Waals surface area contributed by atoms with Gasteiger partial charge >= 0.3 is 6.18 Å². The summed E-state index contributed by atoms with van der Waals surface area (Å²) in [5.41, 5.74) is -0.113. The quantitative estimate of drug-likeness (QED) is 0.545. The summed E-state index contributed by atoms with van der Waals surface area (Å²) in [6.07, 6.45) is -4.31. The Balaban J connectivity index is 2.73. The van der Waals surface area contributed by atoms with Gasteiger partial charge in [0.1, 0.15) is 6.61 Å². The molecule has 1 aromatic rings. The second-order valence-electron chi connectivity index (χ2n) is 2.57. The van der Waals surface area contributed by atoms with Crippen molar-refractivity contribution in [1.82, 2.24) is 0 Å². The lowest BCUT2D eigenvalue weighted by atomic mass is 10.1. The summed E-state index contributed by atoms with van der Waals surface area (Å²) < 4.78 is 36.3. The molecule has 5 heteroatoms. The molecule has 0 N–H and O–H groups in total. The predicted molar refractivity (Wildman–Crippen MR) is 44.7 cm³/mol. The summed E-state index contributed by atoms with van der Waals surface area (Å²) in [7, 11) is 0. The van der Waals surface area contributed by atoms with E-state index >= 15 is 0 Å². The molecule has 0 heterocycles. The van der Waals surface area contributed by atoms with E-state index in [1.165, 1.54) is 12.1 Å². The average Bonchev–Trinajstić information content (AvgIpc) is 2.14. The van der Waals surface area contributed by atoms with Gasteiger partial charge in [0, 0.05) is 0 Å². The summed E-state index contributed by atoms with van der Waals surface area (Å²) >= 11 is 0. The van der Waals surface area contributed by atoms with Crippen LogP contribution in [0.1, 0.15) is 11.1 Å². The summed E-state index contributed by atoms with van der Waals surface area (Å²) in [6.45, 7) is 4.76. The highest BCUT2D eigenvalue weighted by Gasteiger charge is 2.29. The fourth-order valence-corrected chi connectivity index (χ4v) is 0.902. The number of nitrogens with zero attached hydrogens (tertiary/aromatic N) is 1. The molecule has 0 aromatic heterocycles. The van der Waals surface area contributed by atoms with Crippen molar-refractivity contribution < 1.29 is 18.0 Å². The molecule has 0 atom stereocenters. The third-order valence-corrected chi connectivity index (χ3v) is 1.59. The molecule has 1 radical (unpaired) electrons. The summed E-state index contributed by atoms with van der Waals surface area (Å²) in [4.78, 5) is 4.47. The highest BCUT2D eigenvalue weighted by atomic mass is 19.4. The molecule has 0 aliphatic heterocycles. The predicted octanol–water partition coefficient (Wildman–Crippen LogP) is 2.71. The zero-order chi connectivity index (χ0) is 10.6. The normalized spacial score (nSPS) is 11.1. The number of alkyl halides is 3. The van der Waals surface area contributed by atoms with Crippen LogP contribution >= 0.6 is 0 Å². The van der Waals surface area contributed by atoms with E-state index in [1.54, 1.807) is 0 Å². The Hall–Kier alpha value is -1.52. The largest absolute Gasteiger partial charge is 0.416 e. The first-order valence-corrected chi connectivity index (χ1v) is 3.72. The Morgan fingerprint density at radius 3 is 2.21 bits per heavy atom. The van der Waals surface area contributed by atoms with Crippen molar-refractivity contribution in [2.45, 2.75) is 12.8 Å². The van der Waals surface area contributed by atoms with Crippen molar-refractivity contribution in [2.24, 2.45) is 5.16 Å². The topological polar surface area (TPSA) is 21.6 Å². The molecule has 0 unspecified atom stereocenters. The molecule has 0 amide bonds. The van der Waals surface area contributed by atoms with Crippen LogP contribution in [0.15, 0.2) is 29.4 Å². The van der Waals surface area contributed by atoms with Gasteiger partial charge in [0.15, 0.2) is 0 Å². The monoisotopic (exact) mass is 202 g/mol. The molecule has 1 rings (SSSR count). The number of hydrogen-bond donors (Lipinski definition) is 0. The standard InChI is InChI=1S/C9H7F3NO/c1-13-14-6-7-2-4-8(5-3-7)9(10,11)12/h1-5H,6H2. The van der Waals surface area contributed by atoms with E-state index in [1.807, 2.05) is 0 Å². The maximum atomic E-state index is 12.1. The molecule has 1 aromatic carbocycles. The minimum atomic E-state index is -4.31. The van der Waals surface area contributed by atoms with Crippen molar-refractivity contribution in [3.05, 3.63) is 35.4 Å². The maximum Gasteiger partial charge on any atom is 0.416 e. The molecule has 14 heavy (non-hydrogen) atoms. The van der Waals surface area contributed by atoms with E-state index in [0.29, 0.717) is 5.56 Å². The maximum absolute atomic E-state index is 12.1. The van der Waals surface area contributed by atoms with Crippen LogP contribution in [0.25, 0.3) is 0 Å². The Morgan fingerprint density at radius 1 is 1.21 bits per heavy atom. The van der Waals surface area contributed by atoms with Gasteiger partial charge in [-0.15, -0.1) is 0 Å². The van der Waals surface area contributed by atoms with Gasteiger partial charge in [-0.2, -0.15) is 13.2 Å². The number of rotatable bonds is 3. The second-order valence-corrected chi connectivity index (χ2v) is 2.57. The fraction of sp³-hybridized carbons (Fsp3) is 0.222. The third-order valence-electron chi connectivity index (χ3n) is 1.59. The molecule has 0 bridgehead atoms. The van der Waals surface area contributed by atoms with Crippen LogP contribution < -0.4 is 0 Å². The van der Waals surface area contributed by atoms with Gasteiger partial charge in [-0.3, -0.25) is 0 Å². The van der Waals surface area contributed by atoms with Crippen LogP contribution in [-0.2, 0) is 17.6 Å².